The van der Waals surface area contributed by atoms with E-state index in [1.807, 2.05) is 0 Å². The number of hydrogen-bond acceptors (Lipinski definition) is 6. The van der Waals surface area contributed by atoms with Crippen LogP contribution in [0.4, 0.5) is 11.6 Å². The van der Waals surface area contributed by atoms with E-state index in [0.717, 1.165) is 0 Å². The van der Waals surface area contributed by atoms with Crippen LogP contribution in [0.1, 0.15) is 10.4 Å². The first-order chi connectivity index (χ1) is 11.2. The molecular formula is C16H18N4O3. The maximum Gasteiger partial charge on any atom is 0.264 e. The number of nitrogens with one attached hydrogen (secondary N) is 2. The number of carbonyl (C=O) groups is 1. The number of rotatable bonds is 7. The first-order valence-corrected chi connectivity index (χ1v) is 6.90. The molecule has 0 aliphatic carbocycles. The lowest BCUT2D eigenvalue weighted by molar-refractivity contribution is 0.102. The van der Waals surface area contributed by atoms with Crippen molar-refractivity contribution in [2.24, 2.45) is 0 Å². The van der Waals surface area contributed by atoms with Gasteiger partial charge in [0.1, 0.15) is 22.9 Å². The van der Waals surface area contributed by atoms with Crippen molar-refractivity contribution in [3.63, 3.8) is 0 Å². The zero-order chi connectivity index (χ0) is 16.7. The van der Waals surface area contributed by atoms with Crippen LogP contribution in [-0.4, -0.2) is 36.9 Å². The van der Waals surface area contributed by atoms with Crippen LogP contribution in [0.3, 0.4) is 0 Å². The van der Waals surface area contributed by atoms with E-state index >= 15 is 0 Å². The van der Waals surface area contributed by atoms with Gasteiger partial charge < -0.3 is 20.1 Å². The Morgan fingerprint density at radius 2 is 1.74 bits per heavy atom. The van der Waals surface area contributed by atoms with Crippen LogP contribution in [0.5, 0.6) is 11.5 Å². The van der Waals surface area contributed by atoms with E-state index in [1.165, 1.54) is 14.2 Å². The third-order valence-electron chi connectivity index (χ3n) is 2.99. The molecule has 0 saturated carbocycles. The van der Waals surface area contributed by atoms with Gasteiger partial charge in [-0.3, -0.25) is 4.79 Å². The molecule has 7 nitrogen and oxygen atoms in total. The number of ether oxygens (including phenoxy) is 2. The third-order valence-corrected chi connectivity index (χ3v) is 2.99. The van der Waals surface area contributed by atoms with E-state index in [2.05, 4.69) is 27.4 Å². The van der Waals surface area contributed by atoms with Crippen LogP contribution in [0, 0.1) is 0 Å². The van der Waals surface area contributed by atoms with Gasteiger partial charge in [-0.25, -0.2) is 0 Å². The monoisotopic (exact) mass is 314 g/mol. The predicted octanol–water partition coefficient (Wildman–Crippen LogP) is 2.34. The summed E-state index contributed by atoms with van der Waals surface area (Å²) in [6, 6.07) is 8.48. The molecule has 1 heterocycles. The number of hydrogen-bond donors (Lipinski definition) is 2. The van der Waals surface area contributed by atoms with Crippen LogP contribution >= 0.6 is 0 Å². The summed E-state index contributed by atoms with van der Waals surface area (Å²) in [5.41, 5.74) is 0.299. The minimum Gasteiger partial charge on any atom is -0.496 e. The summed E-state index contributed by atoms with van der Waals surface area (Å²) in [6.07, 6.45) is 1.71. The molecule has 0 aliphatic rings. The number of benzene rings is 1. The Morgan fingerprint density at radius 3 is 2.26 bits per heavy atom. The molecule has 7 heteroatoms. The molecule has 0 saturated heterocycles. The molecule has 0 atom stereocenters. The Balaban J connectivity index is 2.17. The van der Waals surface area contributed by atoms with Crippen molar-refractivity contribution in [2.45, 2.75) is 0 Å². The Hall–Kier alpha value is -3.09. The number of nitrogens with zero attached hydrogens (tertiary/aromatic N) is 2. The molecule has 0 fully saturated rings. The molecule has 120 valence electrons. The highest BCUT2D eigenvalue weighted by Gasteiger charge is 2.18. The molecule has 2 N–H and O–H groups in total. The number of methoxy groups -OCH3 is 2. The molecule has 0 bridgehead atoms. The minimum atomic E-state index is -0.389. The summed E-state index contributed by atoms with van der Waals surface area (Å²) in [6.45, 7) is 4.19. The average Bonchev–Trinajstić information content (AvgIpc) is 2.60. The number of amides is 1. The summed E-state index contributed by atoms with van der Waals surface area (Å²) in [5.74, 6) is 1.36. The van der Waals surface area contributed by atoms with Crippen LogP contribution in [0.15, 0.2) is 43.0 Å². The predicted molar refractivity (Wildman–Crippen MR) is 88.2 cm³/mol. The van der Waals surface area contributed by atoms with Gasteiger partial charge in [0, 0.05) is 6.54 Å². The third kappa shape index (κ3) is 3.97. The molecule has 1 aromatic heterocycles. The first-order valence-electron chi connectivity index (χ1n) is 6.90. The Labute approximate surface area is 134 Å². The second-order valence-electron chi connectivity index (χ2n) is 4.47. The van der Waals surface area contributed by atoms with E-state index < -0.39 is 0 Å². The number of carbonyl (C=O) groups excluding carboxylic acids is 1. The van der Waals surface area contributed by atoms with Gasteiger partial charge in [-0.05, 0) is 24.3 Å². The van der Waals surface area contributed by atoms with Gasteiger partial charge in [0.15, 0.2) is 5.82 Å². The fourth-order valence-corrected chi connectivity index (χ4v) is 1.92. The van der Waals surface area contributed by atoms with E-state index in [4.69, 9.17) is 9.47 Å². The van der Waals surface area contributed by atoms with Crippen molar-refractivity contribution < 1.29 is 14.3 Å². The molecule has 2 aromatic rings. The lowest BCUT2D eigenvalue weighted by Gasteiger charge is -2.12. The highest BCUT2D eigenvalue weighted by atomic mass is 16.5. The lowest BCUT2D eigenvalue weighted by Crippen LogP contribution is -2.16. The maximum absolute atomic E-state index is 12.5. The zero-order valence-corrected chi connectivity index (χ0v) is 13.0. The van der Waals surface area contributed by atoms with Gasteiger partial charge in [-0.2, -0.15) is 0 Å². The van der Waals surface area contributed by atoms with Gasteiger partial charge in [0.05, 0.1) is 14.2 Å². The normalized spacial score (nSPS) is 9.83. The van der Waals surface area contributed by atoms with E-state index in [1.54, 1.807) is 36.4 Å². The van der Waals surface area contributed by atoms with Crippen LogP contribution in [0.25, 0.3) is 0 Å². The fraction of sp³-hybridized carbons (Fsp3) is 0.188. The highest BCUT2D eigenvalue weighted by Crippen LogP contribution is 2.28. The standard InChI is InChI=1S/C16H18N4O3/c1-4-10-17-13-8-9-14(20-19-13)18-16(21)15-11(22-2)6-5-7-12(15)23-3/h4-9H,1,10H2,2-3H3,(H,17,19)(H,18,20,21). The van der Waals surface area contributed by atoms with Gasteiger partial charge in [-0.1, -0.05) is 12.1 Å². The van der Waals surface area contributed by atoms with Crippen LogP contribution in [-0.2, 0) is 0 Å². The Morgan fingerprint density at radius 1 is 1.13 bits per heavy atom. The largest absolute Gasteiger partial charge is 0.496 e. The van der Waals surface area contributed by atoms with Crippen molar-refractivity contribution >= 4 is 17.5 Å². The van der Waals surface area contributed by atoms with Crippen molar-refractivity contribution in [2.75, 3.05) is 31.4 Å². The minimum absolute atomic E-state index is 0.299. The SMILES string of the molecule is C=CCNc1ccc(NC(=O)c2c(OC)cccc2OC)nn1. The molecule has 0 unspecified atom stereocenters. The summed E-state index contributed by atoms with van der Waals surface area (Å²) in [5, 5.41) is 13.6. The summed E-state index contributed by atoms with van der Waals surface area (Å²) >= 11 is 0. The second-order valence-corrected chi connectivity index (χ2v) is 4.47. The van der Waals surface area contributed by atoms with E-state index in [9.17, 15) is 4.79 Å². The fourth-order valence-electron chi connectivity index (χ4n) is 1.92. The Kier molecular flexibility index (Phi) is 5.51. The van der Waals surface area contributed by atoms with Gasteiger partial charge in [0.2, 0.25) is 0 Å². The van der Waals surface area contributed by atoms with Crippen LogP contribution in [0.2, 0.25) is 0 Å². The zero-order valence-electron chi connectivity index (χ0n) is 13.0. The highest BCUT2D eigenvalue weighted by molar-refractivity contribution is 6.07. The van der Waals surface area contributed by atoms with Gasteiger partial charge in [0.25, 0.3) is 5.91 Å². The molecule has 1 aromatic carbocycles. The molecule has 1 amide bonds. The lowest BCUT2D eigenvalue weighted by atomic mass is 10.1. The average molecular weight is 314 g/mol. The topological polar surface area (TPSA) is 85.4 Å². The van der Waals surface area contributed by atoms with Gasteiger partial charge >= 0.3 is 0 Å². The molecule has 0 radical (unpaired) electrons. The Bertz CT molecular complexity index is 664. The van der Waals surface area contributed by atoms with Crippen molar-refractivity contribution in [3.05, 3.63) is 48.6 Å². The van der Waals surface area contributed by atoms with Crippen molar-refractivity contribution in [1.82, 2.24) is 10.2 Å². The summed E-state index contributed by atoms with van der Waals surface area (Å²) in [7, 11) is 2.98. The number of aromatic nitrogens is 2. The van der Waals surface area contributed by atoms with E-state index in [0.29, 0.717) is 35.2 Å². The molecule has 23 heavy (non-hydrogen) atoms. The molecular weight excluding hydrogens is 296 g/mol. The summed E-state index contributed by atoms with van der Waals surface area (Å²) < 4.78 is 10.4. The first kappa shape index (κ1) is 16.3. The van der Waals surface area contributed by atoms with Crippen molar-refractivity contribution in [1.29, 1.82) is 0 Å². The second kappa shape index (κ2) is 7.79. The smallest absolute Gasteiger partial charge is 0.264 e. The number of anilines is 2. The maximum atomic E-state index is 12.5. The summed E-state index contributed by atoms with van der Waals surface area (Å²) in [4.78, 5) is 12.5. The molecule has 0 aliphatic heterocycles. The van der Waals surface area contributed by atoms with Crippen molar-refractivity contribution in [3.8, 4) is 11.5 Å². The molecule has 2 rings (SSSR count). The van der Waals surface area contributed by atoms with E-state index in [-0.39, 0.29) is 5.91 Å². The van der Waals surface area contributed by atoms with Crippen LogP contribution < -0.4 is 20.1 Å². The van der Waals surface area contributed by atoms with Gasteiger partial charge in [-0.15, -0.1) is 16.8 Å². The quantitative estimate of drug-likeness (QED) is 0.763. The molecule has 0 spiro atoms.